The third-order valence-corrected chi connectivity index (χ3v) is 4.90. The maximum absolute atomic E-state index is 12.9. The molecule has 0 N–H and O–H groups in total. The van der Waals surface area contributed by atoms with Crippen molar-refractivity contribution in [1.82, 2.24) is 29.9 Å². The molecule has 0 saturated carbocycles. The van der Waals surface area contributed by atoms with Crippen LogP contribution in [0.3, 0.4) is 0 Å². The number of carbonyl (C=O) groups is 1. The summed E-state index contributed by atoms with van der Waals surface area (Å²) in [5, 5.41) is 12.5. The molecular formula is C19H21N7O. The van der Waals surface area contributed by atoms with Gasteiger partial charge in [0.1, 0.15) is 0 Å². The van der Waals surface area contributed by atoms with Gasteiger partial charge in [0.25, 0.3) is 5.91 Å². The fourth-order valence-corrected chi connectivity index (χ4v) is 3.38. The standard InChI is InChI=1S/C19H21N7O/c1-24(17-4-3-11-25(14-17)18-5-2-8-21-23-18)19(27)15-12-22-26(13-15)16-6-9-20-10-7-16/h2,5-10,12-13,17H,3-4,11,14H2,1H3. The van der Waals surface area contributed by atoms with Crippen LogP contribution < -0.4 is 4.90 Å². The molecule has 0 bridgehead atoms. The SMILES string of the molecule is CN(C(=O)c1cnn(-c2ccncc2)c1)C1CCCN(c2cccnn2)C1. The Kier molecular flexibility index (Phi) is 4.78. The lowest BCUT2D eigenvalue weighted by Crippen LogP contribution is -2.48. The summed E-state index contributed by atoms with van der Waals surface area (Å²) in [7, 11) is 1.86. The maximum atomic E-state index is 12.9. The second-order valence-electron chi connectivity index (χ2n) is 6.62. The summed E-state index contributed by atoms with van der Waals surface area (Å²) < 4.78 is 1.69. The van der Waals surface area contributed by atoms with Gasteiger partial charge >= 0.3 is 0 Å². The zero-order chi connectivity index (χ0) is 18.6. The zero-order valence-electron chi connectivity index (χ0n) is 15.1. The average Bonchev–Trinajstić information content (AvgIpc) is 3.24. The summed E-state index contributed by atoms with van der Waals surface area (Å²) in [5.41, 5.74) is 1.45. The van der Waals surface area contributed by atoms with Crippen molar-refractivity contribution < 1.29 is 4.79 Å². The first-order valence-electron chi connectivity index (χ1n) is 8.97. The highest BCUT2D eigenvalue weighted by Crippen LogP contribution is 2.21. The zero-order valence-corrected chi connectivity index (χ0v) is 15.1. The summed E-state index contributed by atoms with van der Waals surface area (Å²) >= 11 is 0. The van der Waals surface area contributed by atoms with Crippen molar-refractivity contribution in [2.24, 2.45) is 0 Å². The predicted molar refractivity (Wildman–Crippen MR) is 101 cm³/mol. The molecule has 1 amide bonds. The maximum Gasteiger partial charge on any atom is 0.257 e. The third kappa shape index (κ3) is 3.64. The fourth-order valence-electron chi connectivity index (χ4n) is 3.38. The van der Waals surface area contributed by atoms with Crippen LogP contribution in [-0.2, 0) is 0 Å². The topological polar surface area (TPSA) is 80.0 Å². The minimum absolute atomic E-state index is 0.0266. The lowest BCUT2D eigenvalue weighted by atomic mass is 10.0. The van der Waals surface area contributed by atoms with Crippen molar-refractivity contribution in [3.05, 3.63) is 60.8 Å². The molecule has 4 rings (SSSR count). The number of hydrogen-bond acceptors (Lipinski definition) is 6. The summed E-state index contributed by atoms with van der Waals surface area (Å²) in [5.74, 6) is 0.829. The molecule has 0 aromatic carbocycles. The first-order valence-corrected chi connectivity index (χ1v) is 8.97. The number of nitrogens with zero attached hydrogens (tertiary/aromatic N) is 7. The number of carbonyl (C=O) groups excluding carboxylic acids is 1. The van der Waals surface area contributed by atoms with E-state index in [1.165, 1.54) is 0 Å². The van der Waals surface area contributed by atoms with Crippen molar-refractivity contribution in [2.75, 3.05) is 25.0 Å². The molecule has 3 aromatic heterocycles. The van der Waals surface area contributed by atoms with Gasteiger partial charge in [-0.25, -0.2) is 4.68 Å². The molecule has 8 heteroatoms. The molecule has 0 radical (unpaired) electrons. The van der Waals surface area contributed by atoms with E-state index in [4.69, 9.17) is 0 Å². The number of anilines is 1. The van der Waals surface area contributed by atoms with Crippen LogP contribution in [0, 0.1) is 0 Å². The highest BCUT2D eigenvalue weighted by Gasteiger charge is 2.28. The van der Waals surface area contributed by atoms with Gasteiger partial charge in [-0.3, -0.25) is 9.78 Å². The average molecular weight is 363 g/mol. The van der Waals surface area contributed by atoms with E-state index >= 15 is 0 Å². The predicted octanol–water partition coefficient (Wildman–Crippen LogP) is 1.80. The Bertz CT molecular complexity index is 897. The highest BCUT2D eigenvalue weighted by molar-refractivity contribution is 5.93. The van der Waals surface area contributed by atoms with Crippen LogP contribution in [0.2, 0.25) is 0 Å². The van der Waals surface area contributed by atoms with Gasteiger partial charge in [0, 0.05) is 51.0 Å². The number of aromatic nitrogens is 5. The number of hydrogen-bond donors (Lipinski definition) is 0. The van der Waals surface area contributed by atoms with Crippen LogP contribution in [0.15, 0.2) is 55.2 Å². The van der Waals surface area contributed by atoms with Crippen molar-refractivity contribution in [1.29, 1.82) is 0 Å². The smallest absolute Gasteiger partial charge is 0.257 e. The van der Waals surface area contributed by atoms with E-state index in [1.54, 1.807) is 35.7 Å². The van der Waals surface area contributed by atoms with Gasteiger partial charge in [-0.2, -0.15) is 10.2 Å². The molecule has 27 heavy (non-hydrogen) atoms. The van der Waals surface area contributed by atoms with E-state index in [2.05, 4.69) is 25.2 Å². The number of rotatable bonds is 4. The molecular weight excluding hydrogens is 342 g/mol. The first-order chi connectivity index (χ1) is 13.2. The molecule has 8 nitrogen and oxygen atoms in total. The van der Waals surface area contributed by atoms with Crippen molar-refractivity contribution >= 4 is 11.7 Å². The molecule has 1 atom stereocenters. The van der Waals surface area contributed by atoms with Gasteiger partial charge in [0.05, 0.1) is 17.4 Å². The molecule has 1 aliphatic rings. The molecule has 1 aliphatic heterocycles. The quantitative estimate of drug-likeness (QED) is 0.703. The Labute approximate surface area is 157 Å². The minimum atomic E-state index is -0.0266. The Hall–Kier alpha value is -3.29. The van der Waals surface area contributed by atoms with Crippen LogP contribution in [0.5, 0.6) is 0 Å². The van der Waals surface area contributed by atoms with Crippen LogP contribution in [0.25, 0.3) is 5.69 Å². The van der Waals surface area contributed by atoms with Crippen molar-refractivity contribution in [3.8, 4) is 5.69 Å². The fraction of sp³-hybridized carbons (Fsp3) is 0.316. The van der Waals surface area contributed by atoms with Crippen LogP contribution in [0.1, 0.15) is 23.2 Å². The first kappa shape index (κ1) is 17.1. The number of amides is 1. The second kappa shape index (κ2) is 7.53. The lowest BCUT2D eigenvalue weighted by molar-refractivity contribution is 0.0717. The molecule has 0 spiro atoms. The molecule has 1 unspecified atom stereocenters. The number of piperidine rings is 1. The minimum Gasteiger partial charge on any atom is -0.353 e. The van der Waals surface area contributed by atoms with E-state index in [0.29, 0.717) is 5.56 Å². The largest absolute Gasteiger partial charge is 0.353 e. The summed E-state index contributed by atoms with van der Waals surface area (Å²) in [4.78, 5) is 21.0. The molecule has 1 fully saturated rings. The van der Waals surface area contributed by atoms with Gasteiger partial charge in [-0.15, -0.1) is 5.10 Å². The summed E-state index contributed by atoms with van der Waals surface area (Å²) in [6.45, 7) is 1.68. The van der Waals surface area contributed by atoms with Gasteiger partial charge < -0.3 is 9.80 Å². The van der Waals surface area contributed by atoms with Crippen LogP contribution >= 0.6 is 0 Å². The summed E-state index contributed by atoms with van der Waals surface area (Å²) in [6, 6.07) is 7.66. The van der Waals surface area contributed by atoms with Crippen molar-refractivity contribution in [2.45, 2.75) is 18.9 Å². The normalized spacial score (nSPS) is 16.9. The second-order valence-corrected chi connectivity index (χ2v) is 6.62. The van der Waals surface area contributed by atoms with E-state index in [9.17, 15) is 4.79 Å². The Morgan fingerprint density at radius 1 is 1.22 bits per heavy atom. The molecule has 138 valence electrons. The highest BCUT2D eigenvalue weighted by atomic mass is 16.2. The van der Waals surface area contributed by atoms with Gasteiger partial charge in [-0.05, 0) is 37.1 Å². The third-order valence-electron chi connectivity index (χ3n) is 4.90. The molecule has 0 aliphatic carbocycles. The van der Waals surface area contributed by atoms with E-state index in [-0.39, 0.29) is 11.9 Å². The van der Waals surface area contributed by atoms with E-state index in [0.717, 1.165) is 37.4 Å². The molecule has 1 saturated heterocycles. The van der Waals surface area contributed by atoms with Crippen LogP contribution in [0.4, 0.5) is 5.82 Å². The lowest BCUT2D eigenvalue weighted by Gasteiger charge is -2.37. The van der Waals surface area contributed by atoms with Gasteiger partial charge in [-0.1, -0.05) is 0 Å². The Morgan fingerprint density at radius 3 is 2.85 bits per heavy atom. The monoisotopic (exact) mass is 363 g/mol. The van der Waals surface area contributed by atoms with Crippen LogP contribution in [-0.4, -0.2) is 61.9 Å². The molecule has 3 aromatic rings. The summed E-state index contributed by atoms with van der Waals surface area (Å²) in [6.07, 6.45) is 10.4. The Balaban J connectivity index is 1.47. The number of likely N-dealkylation sites (N-methyl/N-ethyl adjacent to an activating group) is 1. The van der Waals surface area contributed by atoms with Crippen molar-refractivity contribution in [3.63, 3.8) is 0 Å². The molecule has 4 heterocycles. The van der Waals surface area contributed by atoms with Gasteiger partial charge in [0.15, 0.2) is 5.82 Å². The van der Waals surface area contributed by atoms with Gasteiger partial charge in [0.2, 0.25) is 0 Å². The number of pyridine rings is 1. The Morgan fingerprint density at radius 2 is 2.07 bits per heavy atom. The van der Waals surface area contributed by atoms with E-state index < -0.39 is 0 Å². The van der Waals surface area contributed by atoms with E-state index in [1.807, 2.05) is 36.2 Å².